The molecule has 2 heterocycles. The fourth-order valence-corrected chi connectivity index (χ4v) is 7.09. The van der Waals surface area contributed by atoms with Crippen molar-refractivity contribution >= 4 is 45.3 Å². The molecule has 2 aromatic rings. The maximum Gasteiger partial charge on any atom is 0.282 e. The van der Waals surface area contributed by atoms with E-state index in [1.807, 2.05) is 6.07 Å². The van der Waals surface area contributed by atoms with E-state index in [0.29, 0.717) is 11.5 Å². The minimum absolute atomic E-state index is 0.150. The van der Waals surface area contributed by atoms with Crippen LogP contribution in [0, 0.1) is 17.3 Å². The van der Waals surface area contributed by atoms with Gasteiger partial charge in [-0.25, -0.2) is 9.98 Å². The van der Waals surface area contributed by atoms with E-state index in [9.17, 15) is 4.39 Å². The number of nitrogens with two attached hydrogens (primary N) is 1. The molecule has 34 heavy (non-hydrogen) atoms. The van der Waals surface area contributed by atoms with E-state index in [4.69, 9.17) is 20.2 Å². The number of amidine groups is 1. The molecule has 1 saturated carbocycles. The van der Waals surface area contributed by atoms with E-state index < -0.39 is 16.9 Å². The Bertz CT molecular complexity index is 1170. The molecule has 11 heteroatoms. The monoisotopic (exact) mass is 455 g/mol. The van der Waals surface area contributed by atoms with Crippen molar-refractivity contribution in [3.8, 4) is 11.1 Å². The van der Waals surface area contributed by atoms with Crippen molar-refractivity contribution < 1.29 is 13.9 Å². The topological polar surface area (TPSA) is 69.7 Å². The third-order valence-corrected chi connectivity index (χ3v) is 8.13. The van der Waals surface area contributed by atoms with Crippen LogP contribution in [0.25, 0.3) is 11.1 Å². The van der Waals surface area contributed by atoms with Gasteiger partial charge >= 0.3 is 0 Å². The SMILES string of the molecule is BC(B)(B)O[C@H]1CC[C@@]2(Cc3ccc(-c4cccnc4F)cc3[C@]23N=C(N)OC3(B)B)C[C@@H]1C. The standard InChI is InChI=1S/C23H31B5FN3O2/c1-12-10-20(7-6-17(12)33-23(26,27)28)11-14-5-4-13(15-3-2-8-31-18(15)29)9-16(14)21(20)22(24,25)34-19(30)32-21/h2-5,8-9,12,17H,6-7,10-11,24-28H2,1H3,(H2,30,32)/t12-,17-,20-,21-/m0/s1. The van der Waals surface area contributed by atoms with Crippen LogP contribution in [-0.2, 0) is 21.4 Å². The molecule has 1 fully saturated rings. The number of rotatable bonds is 3. The highest BCUT2D eigenvalue weighted by Crippen LogP contribution is 2.66. The summed E-state index contributed by atoms with van der Waals surface area (Å²) >= 11 is 0. The second-order valence-electron chi connectivity index (χ2n) is 11.9. The van der Waals surface area contributed by atoms with E-state index in [1.165, 1.54) is 11.8 Å². The molecule has 1 aromatic heterocycles. The van der Waals surface area contributed by atoms with Gasteiger partial charge in [-0.1, -0.05) is 19.1 Å². The molecular weight excluding hydrogens is 423 g/mol. The van der Waals surface area contributed by atoms with Crippen molar-refractivity contribution in [3.63, 3.8) is 0 Å². The lowest BCUT2D eigenvalue weighted by Crippen LogP contribution is -2.60. The summed E-state index contributed by atoms with van der Waals surface area (Å²) in [5, 5.41) is -0.813. The van der Waals surface area contributed by atoms with E-state index in [2.05, 4.69) is 63.3 Å². The lowest BCUT2D eigenvalue weighted by Gasteiger charge is -2.53. The van der Waals surface area contributed by atoms with Crippen LogP contribution < -0.4 is 5.73 Å². The van der Waals surface area contributed by atoms with Crippen molar-refractivity contribution in [3.05, 3.63) is 53.6 Å². The summed E-state index contributed by atoms with van der Waals surface area (Å²) in [6, 6.07) is 10.00. The van der Waals surface area contributed by atoms with E-state index >= 15 is 0 Å². The Labute approximate surface area is 205 Å². The molecule has 4 atom stereocenters. The molecular formula is C23H31B5FN3O2. The van der Waals surface area contributed by atoms with Gasteiger partial charge in [-0.15, -0.1) is 0 Å². The third-order valence-electron chi connectivity index (χ3n) is 8.13. The van der Waals surface area contributed by atoms with Gasteiger partial charge in [0.2, 0.25) is 5.95 Å². The smallest absolute Gasteiger partial charge is 0.282 e. The number of aromatic nitrogens is 1. The molecule has 1 aromatic carbocycles. The molecule has 0 amide bonds. The maximum atomic E-state index is 14.6. The van der Waals surface area contributed by atoms with Crippen molar-refractivity contribution in [1.82, 2.24) is 4.98 Å². The zero-order valence-corrected chi connectivity index (χ0v) is 21.1. The Morgan fingerprint density at radius 2 is 2.00 bits per heavy atom. The predicted octanol–water partition coefficient (Wildman–Crippen LogP) is -1.39. The van der Waals surface area contributed by atoms with Crippen LogP contribution in [0.3, 0.4) is 0 Å². The molecule has 3 aliphatic rings. The summed E-state index contributed by atoms with van der Waals surface area (Å²) in [6.07, 6.45) is 5.47. The number of pyridine rings is 1. The van der Waals surface area contributed by atoms with Crippen LogP contribution in [0.15, 0.2) is 41.5 Å². The summed E-state index contributed by atoms with van der Waals surface area (Å²) in [6.45, 7) is 2.29. The maximum absolute atomic E-state index is 14.6. The summed E-state index contributed by atoms with van der Waals surface area (Å²) in [5.41, 5.74) is 9.10. The van der Waals surface area contributed by atoms with Crippen molar-refractivity contribution in [2.75, 3.05) is 0 Å². The second-order valence-corrected chi connectivity index (χ2v) is 11.9. The molecule has 2 N–H and O–H groups in total. The van der Waals surface area contributed by atoms with E-state index in [-0.39, 0.29) is 22.8 Å². The number of halogens is 1. The predicted molar refractivity (Wildman–Crippen MR) is 146 cm³/mol. The van der Waals surface area contributed by atoms with Crippen LogP contribution in [0.4, 0.5) is 4.39 Å². The molecule has 0 saturated heterocycles. The summed E-state index contributed by atoms with van der Waals surface area (Å²) in [7, 11) is 10.5. The average Bonchev–Trinajstić information content (AvgIpc) is 3.14. The first kappa shape index (κ1) is 23.6. The summed E-state index contributed by atoms with van der Waals surface area (Å²) in [5.74, 6) is -0.107. The number of nitrogens with zero attached hydrogens (tertiary/aromatic N) is 2. The molecule has 0 bridgehead atoms. The Morgan fingerprint density at radius 3 is 2.62 bits per heavy atom. The van der Waals surface area contributed by atoms with Gasteiger partial charge in [-0.2, -0.15) is 4.39 Å². The summed E-state index contributed by atoms with van der Waals surface area (Å²) in [4.78, 5) is 8.96. The zero-order valence-electron chi connectivity index (χ0n) is 21.1. The molecule has 2 spiro atoms. The Hall–Kier alpha value is -2.15. The van der Waals surface area contributed by atoms with Crippen molar-refractivity contribution in [2.45, 2.75) is 54.9 Å². The normalized spacial score (nSPS) is 31.9. The first-order chi connectivity index (χ1) is 15.9. The number of aliphatic imine (C=N–C) groups is 1. The van der Waals surface area contributed by atoms with Crippen LogP contribution >= 0.6 is 0 Å². The lowest BCUT2D eigenvalue weighted by molar-refractivity contribution is -0.0743. The highest BCUT2D eigenvalue weighted by molar-refractivity contribution is 6.58. The van der Waals surface area contributed by atoms with Crippen LogP contribution in [0.2, 0.25) is 0 Å². The fraction of sp³-hybridized carbons (Fsp3) is 0.478. The van der Waals surface area contributed by atoms with Crippen LogP contribution in [0.1, 0.15) is 37.3 Å². The Morgan fingerprint density at radius 1 is 1.24 bits per heavy atom. The number of fused-ring (bicyclic) bond motifs is 3. The second kappa shape index (κ2) is 7.68. The van der Waals surface area contributed by atoms with Crippen LogP contribution in [-0.4, -0.2) is 67.0 Å². The Balaban J connectivity index is 1.63. The average molecular weight is 455 g/mol. The minimum Gasteiger partial charge on any atom is -0.475 e. The quantitative estimate of drug-likeness (QED) is 0.458. The third kappa shape index (κ3) is 3.45. The molecule has 0 radical (unpaired) electrons. The van der Waals surface area contributed by atoms with Gasteiger partial charge in [0.1, 0.15) is 29.1 Å². The van der Waals surface area contributed by atoms with Gasteiger partial charge in [0.15, 0.2) is 15.7 Å². The van der Waals surface area contributed by atoms with Gasteiger partial charge < -0.3 is 15.2 Å². The molecule has 2 aliphatic carbocycles. The van der Waals surface area contributed by atoms with Crippen LogP contribution in [0.5, 0.6) is 0 Å². The highest BCUT2D eigenvalue weighted by Gasteiger charge is 2.69. The summed E-state index contributed by atoms with van der Waals surface area (Å²) < 4.78 is 27.2. The molecule has 0 unspecified atom stereocenters. The molecule has 5 nitrogen and oxygen atoms in total. The van der Waals surface area contributed by atoms with Crippen molar-refractivity contribution in [2.24, 2.45) is 22.1 Å². The number of hydrogen-bond donors (Lipinski definition) is 1. The Kier molecular flexibility index (Phi) is 5.33. The van der Waals surface area contributed by atoms with Gasteiger partial charge in [-0.05, 0) is 71.8 Å². The first-order valence-electron chi connectivity index (χ1n) is 12.3. The molecule has 1 aliphatic heterocycles. The molecule has 5 rings (SSSR count). The van der Waals surface area contributed by atoms with Gasteiger partial charge in [-0.3, -0.25) is 0 Å². The fourth-order valence-electron chi connectivity index (χ4n) is 7.09. The number of ether oxygens (including phenoxy) is 2. The van der Waals surface area contributed by atoms with E-state index in [1.54, 1.807) is 12.1 Å². The number of hydrogen-bond acceptors (Lipinski definition) is 5. The largest absolute Gasteiger partial charge is 0.475 e. The van der Waals surface area contributed by atoms with Gasteiger partial charge in [0.25, 0.3) is 6.02 Å². The van der Waals surface area contributed by atoms with Gasteiger partial charge in [0, 0.05) is 17.2 Å². The van der Waals surface area contributed by atoms with Crippen molar-refractivity contribution in [1.29, 1.82) is 0 Å². The van der Waals surface area contributed by atoms with E-state index in [0.717, 1.165) is 36.8 Å². The molecule has 172 valence electrons. The minimum atomic E-state index is -0.644. The first-order valence-corrected chi connectivity index (χ1v) is 12.3. The number of benzene rings is 1. The highest BCUT2D eigenvalue weighted by atomic mass is 19.1. The zero-order chi connectivity index (χ0) is 24.5. The van der Waals surface area contributed by atoms with Gasteiger partial charge in [0.05, 0.1) is 11.5 Å². The lowest BCUT2D eigenvalue weighted by atomic mass is 9.44.